The number of hydrogen-bond acceptors (Lipinski definition) is 3. The van der Waals surface area contributed by atoms with Gasteiger partial charge in [0.2, 0.25) is 0 Å². The Kier molecular flexibility index (Phi) is 3.41. The summed E-state index contributed by atoms with van der Waals surface area (Å²) in [4.78, 5) is 26.0. The van der Waals surface area contributed by atoms with Crippen LogP contribution in [0.3, 0.4) is 0 Å². The van der Waals surface area contributed by atoms with Crippen LogP contribution in [-0.2, 0) is 11.3 Å². The summed E-state index contributed by atoms with van der Waals surface area (Å²) in [6.45, 7) is 3.37. The second-order valence-corrected chi connectivity index (χ2v) is 5.72. The van der Waals surface area contributed by atoms with Crippen molar-refractivity contribution in [2.45, 2.75) is 31.8 Å². The molecule has 0 aliphatic carbocycles. The molecule has 3 rings (SSSR count). The lowest BCUT2D eigenvalue weighted by atomic mass is 9.88. The van der Waals surface area contributed by atoms with E-state index in [1.165, 1.54) is 17.0 Å². The lowest BCUT2D eigenvalue weighted by Crippen LogP contribution is -2.53. The molecule has 0 radical (unpaired) electrons. The number of nitrogens with zero attached hydrogens (tertiary/aromatic N) is 1. The predicted octanol–water partition coefficient (Wildman–Crippen LogP) is 1.31. The summed E-state index contributed by atoms with van der Waals surface area (Å²) in [6.07, 6.45) is 1.19. The average Bonchev–Trinajstić information content (AvgIpc) is 2.68. The van der Waals surface area contributed by atoms with Gasteiger partial charge < -0.3 is 10.6 Å². The Morgan fingerprint density at radius 1 is 1.29 bits per heavy atom. The quantitative estimate of drug-likeness (QED) is 0.808. The average molecular weight is 291 g/mol. The molecule has 2 fully saturated rings. The largest absolute Gasteiger partial charge is 0.325 e. The highest BCUT2D eigenvalue weighted by Gasteiger charge is 2.51. The Labute approximate surface area is 122 Å². The van der Waals surface area contributed by atoms with Gasteiger partial charge in [-0.3, -0.25) is 9.69 Å². The minimum absolute atomic E-state index is 0.115. The Hall–Kier alpha value is -1.95. The molecule has 2 saturated heterocycles. The van der Waals surface area contributed by atoms with Crippen molar-refractivity contribution in [3.05, 3.63) is 35.1 Å². The van der Waals surface area contributed by atoms with E-state index in [1.54, 1.807) is 6.07 Å². The van der Waals surface area contributed by atoms with Gasteiger partial charge in [-0.15, -0.1) is 0 Å². The molecule has 0 saturated carbocycles. The number of hydrogen-bond donors (Lipinski definition) is 2. The molecule has 0 bridgehead atoms. The van der Waals surface area contributed by atoms with Crippen LogP contribution >= 0.6 is 0 Å². The molecule has 0 aromatic heterocycles. The molecule has 0 atom stereocenters. The number of piperidine rings is 1. The number of benzene rings is 1. The smallest absolute Gasteiger partial charge is 0.323 e. The molecule has 0 unspecified atom stereocenters. The Morgan fingerprint density at radius 3 is 2.71 bits per heavy atom. The Balaban J connectivity index is 1.84. The maximum Gasteiger partial charge on any atom is 0.325 e. The maximum atomic E-state index is 13.4. The van der Waals surface area contributed by atoms with Crippen molar-refractivity contribution in [1.29, 1.82) is 0 Å². The van der Waals surface area contributed by atoms with E-state index in [2.05, 4.69) is 10.6 Å². The molecule has 5 nitrogen and oxygen atoms in total. The third-order valence-corrected chi connectivity index (χ3v) is 4.34. The van der Waals surface area contributed by atoms with Gasteiger partial charge in [0.05, 0.1) is 6.54 Å². The van der Waals surface area contributed by atoms with Crippen LogP contribution in [0.5, 0.6) is 0 Å². The van der Waals surface area contributed by atoms with Gasteiger partial charge in [-0.25, -0.2) is 9.18 Å². The highest BCUT2D eigenvalue weighted by Crippen LogP contribution is 2.28. The zero-order chi connectivity index (χ0) is 15.0. The fourth-order valence-electron chi connectivity index (χ4n) is 2.99. The van der Waals surface area contributed by atoms with Crippen LogP contribution in [0, 0.1) is 12.7 Å². The van der Waals surface area contributed by atoms with Crippen LogP contribution in [0.2, 0.25) is 0 Å². The summed E-state index contributed by atoms with van der Waals surface area (Å²) in [6, 6.07) is 4.02. The molecule has 1 aromatic rings. The van der Waals surface area contributed by atoms with Crippen molar-refractivity contribution in [2.24, 2.45) is 0 Å². The van der Waals surface area contributed by atoms with Crippen LogP contribution in [0.4, 0.5) is 9.18 Å². The molecular weight excluding hydrogens is 273 g/mol. The minimum Gasteiger partial charge on any atom is -0.323 e. The van der Waals surface area contributed by atoms with Crippen molar-refractivity contribution in [3.63, 3.8) is 0 Å². The zero-order valence-electron chi connectivity index (χ0n) is 11.9. The fourth-order valence-corrected chi connectivity index (χ4v) is 2.99. The van der Waals surface area contributed by atoms with Gasteiger partial charge in [0.1, 0.15) is 11.4 Å². The molecule has 3 amide bonds. The predicted molar refractivity (Wildman–Crippen MR) is 75.1 cm³/mol. The summed E-state index contributed by atoms with van der Waals surface area (Å²) in [5.74, 6) is -0.558. The number of imide groups is 1. The molecule has 2 aliphatic rings. The summed E-state index contributed by atoms with van der Waals surface area (Å²) >= 11 is 0. The number of aryl methyl sites for hydroxylation is 1. The molecule has 112 valence electrons. The fraction of sp³-hybridized carbons (Fsp3) is 0.467. The summed E-state index contributed by atoms with van der Waals surface area (Å²) in [5, 5.41) is 6.01. The van der Waals surface area contributed by atoms with Gasteiger partial charge in [-0.2, -0.15) is 0 Å². The maximum absolute atomic E-state index is 13.4. The zero-order valence-corrected chi connectivity index (χ0v) is 11.9. The van der Waals surface area contributed by atoms with Gasteiger partial charge >= 0.3 is 6.03 Å². The van der Waals surface area contributed by atoms with Crippen molar-refractivity contribution in [1.82, 2.24) is 15.5 Å². The van der Waals surface area contributed by atoms with E-state index in [4.69, 9.17) is 0 Å². The van der Waals surface area contributed by atoms with E-state index < -0.39 is 5.54 Å². The number of rotatable bonds is 2. The monoisotopic (exact) mass is 291 g/mol. The normalized spacial score (nSPS) is 21.0. The summed E-state index contributed by atoms with van der Waals surface area (Å²) in [7, 11) is 0. The van der Waals surface area contributed by atoms with Crippen molar-refractivity contribution >= 4 is 11.9 Å². The molecular formula is C15H18FN3O2. The number of urea groups is 1. The van der Waals surface area contributed by atoms with Crippen LogP contribution in [0.1, 0.15) is 24.0 Å². The number of amides is 3. The highest BCUT2D eigenvalue weighted by molar-refractivity contribution is 6.07. The lowest BCUT2D eigenvalue weighted by Gasteiger charge is -2.31. The van der Waals surface area contributed by atoms with Gasteiger partial charge in [-0.1, -0.05) is 6.07 Å². The Bertz CT molecular complexity index is 597. The van der Waals surface area contributed by atoms with Gasteiger partial charge in [-0.05, 0) is 56.1 Å². The molecule has 1 spiro atoms. The van der Waals surface area contributed by atoms with Crippen molar-refractivity contribution < 1.29 is 14.0 Å². The van der Waals surface area contributed by atoms with Crippen LogP contribution in [0.25, 0.3) is 0 Å². The highest BCUT2D eigenvalue weighted by atomic mass is 19.1. The summed E-state index contributed by atoms with van der Waals surface area (Å²) < 4.78 is 13.4. The number of carbonyl (C=O) groups is 2. The first-order valence-corrected chi connectivity index (χ1v) is 7.12. The van der Waals surface area contributed by atoms with E-state index in [9.17, 15) is 14.0 Å². The second-order valence-electron chi connectivity index (χ2n) is 5.72. The van der Waals surface area contributed by atoms with E-state index in [-0.39, 0.29) is 24.3 Å². The molecule has 1 aromatic carbocycles. The molecule has 2 N–H and O–H groups in total. The van der Waals surface area contributed by atoms with E-state index in [0.717, 1.165) is 5.56 Å². The van der Waals surface area contributed by atoms with Gasteiger partial charge in [0.25, 0.3) is 5.91 Å². The number of halogens is 1. The van der Waals surface area contributed by atoms with Gasteiger partial charge in [0, 0.05) is 0 Å². The van der Waals surface area contributed by atoms with E-state index >= 15 is 0 Å². The first-order valence-electron chi connectivity index (χ1n) is 7.12. The Morgan fingerprint density at radius 2 is 2.00 bits per heavy atom. The number of carbonyl (C=O) groups excluding carboxylic acids is 2. The topological polar surface area (TPSA) is 61.4 Å². The number of nitrogens with one attached hydrogen (secondary N) is 2. The molecule has 6 heteroatoms. The molecule has 21 heavy (non-hydrogen) atoms. The van der Waals surface area contributed by atoms with E-state index in [1.807, 2.05) is 6.92 Å². The van der Waals surface area contributed by atoms with Crippen molar-refractivity contribution in [3.8, 4) is 0 Å². The second kappa shape index (κ2) is 5.11. The minimum atomic E-state index is -0.774. The third-order valence-electron chi connectivity index (χ3n) is 4.34. The van der Waals surface area contributed by atoms with E-state index in [0.29, 0.717) is 31.5 Å². The van der Waals surface area contributed by atoms with Crippen LogP contribution in [0.15, 0.2) is 18.2 Å². The van der Waals surface area contributed by atoms with Crippen LogP contribution < -0.4 is 10.6 Å². The SMILES string of the molecule is Cc1ccc(F)cc1CN1C(=O)NC2(CCNCC2)C1=O. The first kappa shape index (κ1) is 14.0. The first-order chi connectivity index (χ1) is 10.0. The van der Waals surface area contributed by atoms with Crippen molar-refractivity contribution in [2.75, 3.05) is 13.1 Å². The lowest BCUT2D eigenvalue weighted by molar-refractivity contribution is -0.132. The summed E-state index contributed by atoms with van der Waals surface area (Å²) in [5.41, 5.74) is 0.747. The van der Waals surface area contributed by atoms with Crippen LogP contribution in [-0.4, -0.2) is 35.5 Å². The third kappa shape index (κ3) is 2.40. The molecule has 2 aliphatic heterocycles. The van der Waals surface area contributed by atoms with Gasteiger partial charge in [0.15, 0.2) is 0 Å². The molecule has 2 heterocycles. The standard InChI is InChI=1S/C15H18FN3O2/c1-10-2-3-12(16)8-11(10)9-19-13(20)15(18-14(19)21)4-6-17-7-5-15/h2-3,8,17H,4-7,9H2,1H3,(H,18,21).